The predicted molar refractivity (Wildman–Crippen MR) is 111 cm³/mol. The molecule has 0 radical (unpaired) electrons. The van der Waals surface area contributed by atoms with Crippen molar-refractivity contribution < 1.29 is 9.90 Å². The van der Waals surface area contributed by atoms with Gasteiger partial charge in [-0.05, 0) is 35.1 Å². The quantitative estimate of drug-likeness (QED) is 0.816. The average Bonchev–Trinajstić information content (AvgIpc) is 3.23. The molecule has 1 N–H and O–H groups in total. The third-order valence-corrected chi connectivity index (χ3v) is 5.53. The number of rotatable bonds is 6. The van der Waals surface area contributed by atoms with Gasteiger partial charge in [0.2, 0.25) is 5.91 Å². The Kier molecular flexibility index (Phi) is 5.62. The van der Waals surface area contributed by atoms with Gasteiger partial charge in [-0.2, -0.15) is 0 Å². The lowest BCUT2D eigenvalue weighted by Crippen LogP contribution is -2.50. The molecule has 2 aromatic carbocycles. The molecule has 2 aromatic rings. The third kappa shape index (κ3) is 3.47. The van der Waals surface area contributed by atoms with Crippen molar-refractivity contribution in [1.82, 2.24) is 4.90 Å². The van der Waals surface area contributed by atoms with Crippen molar-refractivity contribution in [3.63, 3.8) is 0 Å². The van der Waals surface area contributed by atoms with E-state index in [1.807, 2.05) is 60.4 Å². The van der Waals surface area contributed by atoms with E-state index < -0.39 is 5.60 Å². The molecule has 140 valence electrons. The summed E-state index contributed by atoms with van der Waals surface area (Å²) in [5.41, 5.74) is 2.31. The fourth-order valence-electron chi connectivity index (χ4n) is 4.00. The maximum Gasteiger partial charge on any atom is 0.222 e. The van der Waals surface area contributed by atoms with Crippen LogP contribution in [0.2, 0.25) is 0 Å². The number of hydrogen-bond donors (Lipinski definition) is 1. The van der Waals surface area contributed by atoms with Gasteiger partial charge in [-0.3, -0.25) is 4.79 Å². The van der Waals surface area contributed by atoms with E-state index in [1.165, 1.54) is 0 Å². The van der Waals surface area contributed by atoms with Crippen LogP contribution in [-0.2, 0) is 10.4 Å². The summed E-state index contributed by atoms with van der Waals surface area (Å²) in [6, 6.07) is 15.3. The van der Waals surface area contributed by atoms with Crippen molar-refractivity contribution in [2.45, 2.75) is 37.8 Å². The SMILES string of the molecule is C=Cc1ccc(C(O)(c2ccc(C=C)cc2)[C@@H]2CCCN2C(=O)CC)cc1. The molecule has 3 nitrogen and oxygen atoms in total. The van der Waals surface area contributed by atoms with Crippen LogP contribution in [0.5, 0.6) is 0 Å². The second-order valence-corrected chi connectivity index (χ2v) is 7.02. The van der Waals surface area contributed by atoms with E-state index in [1.54, 1.807) is 12.2 Å². The Balaban J connectivity index is 2.13. The first-order valence-corrected chi connectivity index (χ1v) is 9.52. The topological polar surface area (TPSA) is 40.5 Å². The zero-order valence-corrected chi connectivity index (χ0v) is 15.9. The van der Waals surface area contributed by atoms with Crippen LogP contribution in [0.25, 0.3) is 12.2 Å². The Labute approximate surface area is 161 Å². The van der Waals surface area contributed by atoms with Gasteiger partial charge in [0.15, 0.2) is 0 Å². The van der Waals surface area contributed by atoms with Crippen LogP contribution in [-0.4, -0.2) is 28.5 Å². The number of likely N-dealkylation sites (tertiary alicyclic amines) is 1. The van der Waals surface area contributed by atoms with Gasteiger partial charge in [0.05, 0.1) is 6.04 Å². The first-order chi connectivity index (χ1) is 13.0. The monoisotopic (exact) mass is 361 g/mol. The number of benzene rings is 2. The lowest BCUT2D eigenvalue weighted by atomic mass is 9.78. The van der Waals surface area contributed by atoms with Crippen LogP contribution in [0.15, 0.2) is 61.7 Å². The molecule has 3 rings (SSSR count). The molecule has 1 amide bonds. The Hall–Kier alpha value is -2.65. The highest BCUT2D eigenvalue weighted by molar-refractivity contribution is 5.77. The number of aliphatic hydroxyl groups is 1. The maximum absolute atomic E-state index is 12.5. The highest BCUT2D eigenvalue weighted by Crippen LogP contribution is 2.40. The molecule has 1 fully saturated rings. The van der Waals surface area contributed by atoms with E-state index in [0.717, 1.165) is 35.1 Å². The zero-order valence-electron chi connectivity index (χ0n) is 15.9. The predicted octanol–water partition coefficient (Wildman–Crippen LogP) is 4.61. The van der Waals surface area contributed by atoms with E-state index in [0.29, 0.717) is 13.0 Å². The van der Waals surface area contributed by atoms with Crippen molar-refractivity contribution in [2.24, 2.45) is 0 Å². The molecule has 27 heavy (non-hydrogen) atoms. The largest absolute Gasteiger partial charge is 0.378 e. The van der Waals surface area contributed by atoms with E-state index in [2.05, 4.69) is 13.2 Å². The Morgan fingerprint density at radius 2 is 1.56 bits per heavy atom. The molecule has 3 heteroatoms. The molecular formula is C24H27NO2. The number of nitrogens with zero attached hydrogens (tertiary/aromatic N) is 1. The Bertz CT molecular complexity index is 769. The second-order valence-electron chi connectivity index (χ2n) is 7.02. The maximum atomic E-state index is 12.5. The molecule has 0 spiro atoms. The molecule has 0 aromatic heterocycles. The zero-order chi connectivity index (χ0) is 19.4. The summed E-state index contributed by atoms with van der Waals surface area (Å²) in [7, 11) is 0. The van der Waals surface area contributed by atoms with Gasteiger partial charge < -0.3 is 10.0 Å². The molecule has 0 bridgehead atoms. The van der Waals surface area contributed by atoms with Gasteiger partial charge in [-0.15, -0.1) is 0 Å². The minimum absolute atomic E-state index is 0.0846. The first-order valence-electron chi connectivity index (χ1n) is 9.52. The summed E-state index contributed by atoms with van der Waals surface area (Å²) in [6.45, 7) is 10.2. The highest BCUT2D eigenvalue weighted by Gasteiger charge is 2.46. The molecule has 1 aliphatic heterocycles. The minimum atomic E-state index is -1.26. The fraction of sp³-hybridized carbons (Fsp3) is 0.292. The summed E-state index contributed by atoms with van der Waals surface area (Å²) < 4.78 is 0. The third-order valence-electron chi connectivity index (χ3n) is 5.53. The molecule has 1 heterocycles. The molecule has 1 atom stereocenters. The standard InChI is InChI=1S/C24H27NO2/c1-4-18-9-13-20(14-10-18)24(27,21-15-11-19(5-2)12-16-21)22-8-7-17-25(22)23(26)6-3/h4-5,9-16,22,27H,1-2,6-8,17H2,3H3/t22-/m0/s1. The minimum Gasteiger partial charge on any atom is -0.378 e. The lowest BCUT2D eigenvalue weighted by molar-refractivity contribution is -0.136. The van der Waals surface area contributed by atoms with Gasteiger partial charge in [0.1, 0.15) is 5.60 Å². The molecule has 0 saturated carbocycles. The van der Waals surface area contributed by atoms with Crippen LogP contribution < -0.4 is 0 Å². The fourth-order valence-corrected chi connectivity index (χ4v) is 4.00. The van der Waals surface area contributed by atoms with Gasteiger partial charge in [-0.25, -0.2) is 0 Å². The van der Waals surface area contributed by atoms with E-state index >= 15 is 0 Å². The second kappa shape index (κ2) is 7.93. The average molecular weight is 361 g/mol. The van der Waals surface area contributed by atoms with Gasteiger partial charge in [0.25, 0.3) is 0 Å². The summed E-state index contributed by atoms with van der Waals surface area (Å²) >= 11 is 0. The summed E-state index contributed by atoms with van der Waals surface area (Å²) in [5.74, 6) is 0.0846. The van der Waals surface area contributed by atoms with Crippen LogP contribution in [0, 0.1) is 0 Å². The van der Waals surface area contributed by atoms with Crippen molar-refractivity contribution in [2.75, 3.05) is 6.54 Å². The van der Waals surface area contributed by atoms with E-state index in [4.69, 9.17) is 0 Å². The number of carbonyl (C=O) groups is 1. The van der Waals surface area contributed by atoms with E-state index in [-0.39, 0.29) is 11.9 Å². The van der Waals surface area contributed by atoms with Crippen LogP contribution in [0.1, 0.15) is 48.4 Å². The van der Waals surface area contributed by atoms with Crippen molar-refractivity contribution in [1.29, 1.82) is 0 Å². The summed E-state index contributed by atoms with van der Waals surface area (Å²) in [5, 5.41) is 12.1. The number of carbonyl (C=O) groups excluding carboxylic acids is 1. The summed E-state index contributed by atoms with van der Waals surface area (Å²) in [6.07, 6.45) is 5.68. The summed E-state index contributed by atoms with van der Waals surface area (Å²) in [4.78, 5) is 14.4. The van der Waals surface area contributed by atoms with Gasteiger partial charge in [0, 0.05) is 13.0 Å². The van der Waals surface area contributed by atoms with Crippen LogP contribution in [0.4, 0.5) is 0 Å². The number of hydrogen-bond acceptors (Lipinski definition) is 2. The van der Waals surface area contributed by atoms with Crippen LogP contribution >= 0.6 is 0 Å². The molecule has 1 saturated heterocycles. The van der Waals surface area contributed by atoms with Gasteiger partial charge >= 0.3 is 0 Å². The van der Waals surface area contributed by atoms with Crippen molar-refractivity contribution >= 4 is 18.1 Å². The lowest BCUT2D eigenvalue weighted by Gasteiger charge is -2.40. The molecule has 0 unspecified atom stereocenters. The van der Waals surface area contributed by atoms with Crippen molar-refractivity contribution in [3.8, 4) is 0 Å². The normalized spacial score (nSPS) is 17.0. The highest BCUT2D eigenvalue weighted by atomic mass is 16.3. The van der Waals surface area contributed by atoms with Crippen LogP contribution in [0.3, 0.4) is 0 Å². The van der Waals surface area contributed by atoms with E-state index in [9.17, 15) is 9.90 Å². The van der Waals surface area contributed by atoms with Gasteiger partial charge in [-0.1, -0.05) is 80.8 Å². The molecule has 1 aliphatic rings. The number of amides is 1. The molecular weight excluding hydrogens is 334 g/mol. The van der Waals surface area contributed by atoms with Crippen molar-refractivity contribution in [3.05, 3.63) is 83.9 Å². The Morgan fingerprint density at radius 3 is 1.96 bits per heavy atom. The Morgan fingerprint density at radius 1 is 1.07 bits per heavy atom. The first kappa shape index (κ1) is 19.1. The molecule has 0 aliphatic carbocycles. The smallest absolute Gasteiger partial charge is 0.222 e.